The van der Waals surface area contributed by atoms with E-state index in [4.69, 9.17) is 11.6 Å². The summed E-state index contributed by atoms with van der Waals surface area (Å²) in [6.07, 6.45) is 3.10. The van der Waals surface area contributed by atoms with Crippen LogP contribution in [0.2, 0.25) is 5.02 Å². The van der Waals surface area contributed by atoms with Crippen molar-refractivity contribution in [1.82, 2.24) is 0 Å². The molecule has 1 atom stereocenters. The van der Waals surface area contributed by atoms with Crippen molar-refractivity contribution >= 4 is 21.6 Å². The molecule has 88 valence electrons. The number of rotatable bonds is 2. The lowest BCUT2D eigenvalue weighted by molar-refractivity contribution is -0.676. The van der Waals surface area contributed by atoms with Gasteiger partial charge in [-0.2, -0.15) is 0 Å². The Hall–Kier alpha value is -1.43. The third-order valence-electron chi connectivity index (χ3n) is 2.01. The highest BCUT2D eigenvalue weighted by Crippen LogP contribution is 2.14. The fraction of sp³-hybridized carbons (Fsp3) is 0. The Morgan fingerprint density at radius 1 is 1.12 bits per heavy atom. The van der Waals surface area contributed by atoms with Crippen molar-refractivity contribution in [2.45, 2.75) is 4.90 Å². The second-order valence-electron chi connectivity index (χ2n) is 3.27. The molecule has 0 radical (unpaired) electrons. The largest absolute Gasteiger partial charge is 0.756 e. The molecular weight excluding hydrogens is 260 g/mol. The van der Waals surface area contributed by atoms with Crippen LogP contribution in [0, 0.1) is 0 Å². The van der Waals surface area contributed by atoms with Crippen molar-refractivity contribution in [1.29, 1.82) is 0 Å². The summed E-state index contributed by atoms with van der Waals surface area (Å²) in [4.78, 5) is 0.109. The van der Waals surface area contributed by atoms with Gasteiger partial charge in [-0.1, -0.05) is 22.3 Å². The van der Waals surface area contributed by atoms with Gasteiger partial charge in [0.2, 0.25) is 12.4 Å². The molecule has 0 bridgehead atoms. The Morgan fingerprint density at radius 2 is 1.71 bits per heavy atom. The maximum absolute atomic E-state index is 11.9. The van der Waals surface area contributed by atoms with E-state index < -0.39 is 10.0 Å². The van der Waals surface area contributed by atoms with Crippen LogP contribution in [0.4, 0.5) is 0 Å². The van der Waals surface area contributed by atoms with E-state index in [1.54, 1.807) is 30.6 Å². The van der Waals surface area contributed by atoms with E-state index in [9.17, 15) is 8.76 Å². The number of hydrogen-bond donors (Lipinski definition) is 0. The number of halogens is 1. The van der Waals surface area contributed by atoms with Crippen LogP contribution in [0.15, 0.2) is 64.2 Å². The molecule has 1 heterocycles. The zero-order valence-electron chi connectivity index (χ0n) is 8.69. The predicted octanol–water partition coefficient (Wildman–Crippen LogP) is 2.05. The second kappa shape index (κ2) is 4.83. The number of benzene rings is 1. The van der Waals surface area contributed by atoms with Crippen LogP contribution in [-0.4, -0.2) is 8.76 Å². The predicted molar refractivity (Wildman–Crippen MR) is 63.1 cm³/mol. The molecule has 0 aliphatic carbocycles. The number of nitrogens with zero attached hydrogens (tertiary/aromatic N) is 2. The molecule has 0 amide bonds. The zero-order chi connectivity index (χ0) is 12.3. The summed E-state index contributed by atoms with van der Waals surface area (Å²) in [5.74, 6) is 0. The Balaban J connectivity index is 2.46. The topological polar surface area (TPSA) is 56.4 Å². The van der Waals surface area contributed by atoms with Crippen molar-refractivity contribution in [3.8, 4) is 0 Å². The smallest absolute Gasteiger partial charge is 0.203 e. The number of aromatic nitrogens is 1. The lowest BCUT2D eigenvalue weighted by Crippen LogP contribution is -2.28. The molecule has 0 aliphatic heterocycles. The van der Waals surface area contributed by atoms with E-state index in [0.717, 1.165) is 0 Å². The minimum absolute atomic E-state index is 0.109. The van der Waals surface area contributed by atoms with Gasteiger partial charge in [0, 0.05) is 22.1 Å². The van der Waals surface area contributed by atoms with Crippen LogP contribution in [-0.2, 0) is 10.0 Å². The Kier molecular flexibility index (Phi) is 3.42. The van der Waals surface area contributed by atoms with Gasteiger partial charge in [0.25, 0.3) is 0 Å². The first-order valence-corrected chi connectivity index (χ1v) is 6.60. The van der Waals surface area contributed by atoms with Gasteiger partial charge < -0.3 is 4.55 Å². The van der Waals surface area contributed by atoms with Gasteiger partial charge in [0.15, 0.2) is 0 Å². The van der Waals surface area contributed by atoms with Crippen LogP contribution >= 0.6 is 11.6 Å². The van der Waals surface area contributed by atoms with Gasteiger partial charge in [0.05, 0.1) is 14.5 Å². The van der Waals surface area contributed by atoms with Crippen molar-refractivity contribution in [3.05, 3.63) is 59.9 Å². The summed E-state index contributed by atoms with van der Waals surface area (Å²) in [5, 5.41) is 0.483. The highest BCUT2D eigenvalue weighted by atomic mass is 35.5. The van der Waals surface area contributed by atoms with Crippen LogP contribution in [0.3, 0.4) is 0 Å². The van der Waals surface area contributed by atoms with Gasteiger partial charge in [-0.05, 0) is 24.3 Å². The van der Waals surface area contributed by atoms with Crippen molar-refractivity contribution in [3.63, 3.8) is 0 Å². The van der Waals surface area contributed by atoms with E-state index in [1.165, 1.54) is 28.9 Å². The molecule has 0 aliphatic rings. The summed E-state index contributed by atoms with van der Waals surface area (Å²) in [6, 6.07) is 11.0. The number of hydrogen-bond acceptors (Lipinski definition) is 3. The fourth-order valence-corrected chi connectivity index (χ4v) is 2.28. The van der Waals surface area contributed by atoms with E-state index in [2.05, 4.69) is 4.47 Å². The highest BCUT2D eigenvalue weighted by molar-refractivity contribution is 7.88. The monoisotopic (exact) mass is 268 g/mol. The number of pyridine rings is 1. The molecular formula is C11H9ClN2O2S. The first-order chi connectivity index (χ1) is 8.08. The third-order valence-corrected chi connectivity index (χ3v) is 3.54. The molecule has 2 aromatic rings. The Morgan fingerprint density at radius 3 is 2.29 bits per heavy atom. The van der Waals surface area contributed by atoms with Crippen molar-refractivity contribution < 1.29 is 13.4 Å². The Labute approximate surface area is 104 Å². The molecule has 1 aromatic carbocycles. The first-order valence-electron chi connectivity index (χ1n) is 4.78. The van der Waals surface area contributed by atoms with Crippen molar-refractivity contribution in [2.24, 2.45) is 4.47 Å². The van der Waals surface area contributed by atoms with E-state index in [-0.39, 0.29) is 4.90 Å². The van der Waals surface area contributed by atoms with Gasteiger partial charge in [-0.25, -0.2) is 0 Å². The molecule has 6 heteroatoms. The maximum atomic E-state index is 11.9. The zero-order valence-corrected chi connectivity index (χ0v) is 10.3. The standard InChI is InChI=1S/C11H9ClN2O2S/c12-10-4-6-11(7-5-10)17(15,16)13-14-8-2-1-3-9-14/h1-9H. The molecule has 17 heavy (non-hydrogen) atoms. The minimum atomic E-state index is -3.70. The van der Waals surface area contributed by atoms with E-state index in [1.807, 2.05) is 0 Å². The minimum Gasteiger partial charge on any atom is -0.756 e. The fourth-order valence-electron chi connectivity index (χ4n) is 1.22. The average molecular weight is 269 g/mol. The lowest BCUT2D eigenvalue weighted by Gasteiger charge is -2.09. The van der Waals surface area contributed by atoms with Crippen LogP contribution < -0.4 is 4.68 Å². The van der Waals surface area contributed by atoms with Gasteiger partial charge in [0.1, 0.15) is 0 Å². The lowest BCUT2D eigenvalue weighted by atomic mass is 10.4. The molecule has 0 N–H and O–H groups in total. The summed E-state index contributed by atoms with van der Waals surface area (Å²) >= 11 is 5.69. The van der Waals surface area contributed by atoms with Gasteiger partial charge in [-0.3, -0.25) is 4.21 Å². The molecule has 4 nitrogen and oxygen atoms in total. The van der Waals surface area contributed by atoms with E-state index in [0.29, 0.717) is 5.02 Å². The summed E-state index contributed by atoms with van der Waals surface area (Å²) in [7, 11) is -3.70. The molecule has 1 aromatic heterocycles. The average Bonchev–Trinajstić information content (AvgIpc) is 2.30. The molecule has 1 unspecified atom stereocenters. The molecule has 0 spiro atoms. The SMILES string of the molecule is O=S([O-])(=N[n+]1ccccc1)c1ccc(Cl)cc1. The van der Waals surface area contributed by atoms with E-state index >= 15 is 0 Å². The van der Waals surface area contributed by atoms with Gasteiger partial charge >= 0.3 is 0 Å². The summed E-state index contributed by atoms with van der Waals surface area (Å²) < 4.78 is 28.6. The highest BCUT2D eigenvalue weighted by Gasteiger charge is 2.04. The van der Waals surface area contributed by atoms with Crippen LogP contribution in [0.25, 0.3) is 0 Å². The Bertz CT molecular complexity index is 620. The summed E-state index contributed by atoms with van der Waals surface area (Å²) in [5.41, 5.74) is 0. The quantitative estimate of drug-likeness (QED) is 0.783. The van der Waals surface area contributed by atoms with Crippen molar-refractivity contribution in [2.75, 3.05) is 0 Å². The first kappa shape index (κ1) is 12.0. The molecule has 0 saturated heterocycles. The van der Waals surface area contributed by atoms with Crippen LogP contribution in [0.5, 0.6) is 0 Å². The second-order valence-corrected chi connectivity index (χ2v) is 5.29. The van der Waals surface area contributed by atoms with Gasteiger partial charge in [-0.15, -0.1) is 0 Å². The summed E-state index contributed by atoms with van der Waals surface area (Å²) in [6.45, 7) is 0. The third kappa shape index (κ3) is 3.03. The molecule has 2 rings (SSSR count). The normalized spacial score (nSPS) is 14.0. The van der Waals surface area contributed by atoms with Crippen LogP contribution in [0.1, 0.15) is 0 Å². The molecule has 0 fully saturated rings. The molecule has 0 saturated carbocycles. The maximum Gasteiger partial charge on any atom is 0.203 e.